The van der Waals surface area contributed by atoms with Gasteiger partial charge < -0.3 is 10.2 Å². The van der Waals surface area contributed by atoms with E-state index in [2.05, 4.69) is 15.2 Å². The van der Waals surface area contributed by atoms with Crippen molar-refractivity contribution < 1.29 is 22.4 Å². The molecule has 2 fully saturated rings. The predicted octanol–water partition coefficient (Wildman–Crippen LogP) is 4.81. The summed E-state index contributed by atoms with van der Waals surface area (Å²) in [6.07, 6.45) is 0.190. The Labute approximate surface area is 234 Å². The van der Waals surface area contributed by atoms with Gasteiger partial charge in [-0.2, -0.15) is 13.2 Å². The largest absolute Gasteiger partial charge is 0.404 e. The number of amides is 1. The van der Waals surface area contributed by atoms with Crippen LogP contribution in [-0.4, -0.2) is 84.3 Å². The number of halogens is 4. The van der Waals surface area contributed by atoms with Gasteiger partial charge in [-0.1, -0.05) is 26.0 Å². The minimum atomic E-state index is -4.24. The average molecular weight is 564 g/mol. The third-order valence-electron chi connectivity index (χ3n) is 7.95. The van der Waals surface area contributed by atoms with E-state index >= 15 is 0 Å². The summed E-state index contributed by atoms with van der Waals surface area (Å²) in [4.78, 5) is 23.9. The van der Waals surface area contributed by atoms with E-state index < -0.39 is 12.2 Å². The zero-order valence-electron chi connectivity index (χ0n) is 23.7. The number of benzene rings is 1. The lowest BCUT2D eigenvalue weighted by Crippen LogP contribution is -2.61. The molecule has 3 heterocycles. The number of nitrogens with one attached hydrogen (secondary N) is 1. The Hall–Kier alpha value is -2.56. The third-order valence-corrected chi connectivity index (χ3v) is 7.95. The van der Waals surface area contributed by atoms with Crippen LogP contribution in [0.2, 0.25) is 0 Å². The molecule has 0 bridgehead atoms. The van der Waals surface area contributed by atoms with Crippen LogP contribution in [0.5, 0.6) is 0 Å². The van der Waals surface area contributed by atoms with E-state index in [-0.39, 0.29) is 43.3 Å². The number of aromatic nitrogens is 1. The van der Waals surface area contributed by atoms with Crippen molar-refractivity contribution in [2.45, 2.75) is 77.2 Å². The number of carbonyl (C=O) groups excluding carboxylic acids is 1. The first-order valence-electron chi connectivity index (χ1n) is 14.4. The fourth-order valence-corrected chi connectivity index (χ4v) is 5.92. The Morgan fingerprint density at radius 3 is 2.58 bits per heavy atom. The summed E-state index contributed by atoms with van der Waals surface area (Å²) in [5.41, 5.74) is 3.46. The summed E-state index contributed by atoms with van der Waals surface area (Å²) < 4.78 is 54.2. The van der Waals surface area contributed by atoms with Crippen molar-refractivity contribution >= 4 is 11.6 Å². The van der Waals surface area contributed by atoms with Gasteiger partial charge in [-0.05, 0) is 74.9 Å². The van der Waals surface area contributed by atoms with Crippen molar-refractivity contribution in [1.29, 1.82) is 0 Å². The average Bonchev–Trinajstić information content (AvgIpc) is 3.39. The Bertz CT molecular complexity index is 1130. The van der Waals surface area contributed by atoms with Gasteiger partial charge in [-0.3, -0.25) is 19.6 Å². The van der Waals surface area contributed by atoms with E-state index in [1.165, 1.54) is 12.1 Å². The standard InChI is InChI=1S/C30H41F4N5O/c1-4-12-39(27-15-23(16-36-26(27)5-2)14-22-8-10-24(31)11-9-22)29(40)20-38-18-21(3)35-17-25(38)19-37-13-6-7-28(37)30(32,33)34/h8-11,15-16,21,25,28,35H,4-7,12-14,17-20H2,1-3H3/t21-,25-,28-/m1/s1. The lowest BCUT2D eigenvalue weighted by molar-refractivity contribution is -0.177. The molecule has 2 aliphatic heterocycles. The molecule has 0 unspecified atom stereocenters. The SMILES string of the molecule is CCCN(C(=O)CN1C[C@@H](C)NC[C@@H]1CN1CCC[C@@H]1C(F)(F)F)c1cc(Cc2ccc(F)cc2)cnc1CC. The molecule has 2 aliphatic rings. The summed E-state index contributed by atoms with van der Waals surface area (Å²) in [6, 6.07) is 6.87. The van der Waals surface area contributed by atoms with Crippen molar-refractivity contribution in [2.24, 2.45) is 0 Å². The third kappa shape index (κ3) is 7.59. The fourth-order valence-electron chi connectivity index (χ4n) is 5.92. The molecule has 4 rings (SSSR count). The van der Waals surface area contributed by atoms with Gasteiger partial charge in [0.05, 0.1) is 17.9 Å². The Kier molecular flexibility index (Phi) is 10.2. The van der Waals surface area contributed by atoms with Crippen LogP contribution in [0.3, 0.4) is 0 Å². The van der Waals surface area contributed by atoms with E-state index in [0.29, 0.717) is 45.4 Å². The van der Waals surface area contributed by atoms with Crippen LogP contribution in [0.25, 0.3) is 0 Å². The summed E-state index contributed by atoms with van der Waals surface area (Å²) in [5, 5.41) is 3.39. The summed E-state index contributed by atoms with van der Waals surface area (Å²) >= 11 is 0. The number of rotatable bonds is 10. The van der Waals surface area contributed by atoms with Gasteiger partial charge in [0.25, 0.3) is 0 Å². The van der Waals surface area contributed by atoms with E-state index in [9.17, 15) is 22.4 Å². The van der Waals surface area contributed by atoms with Crippen LogP contribution >= 0.6 is 0 Å². The van der Waals surface area contributed by atoms with Gasteiger partial charge in [0.2, 0.25) is 5.91 Å². The Morgan fingerprint density at radius 1 is 1.15 bits per heavy atom. The molecule has 10 heteroatoms. The number of alkyl halides is 3. The van der Waals surface area contributed by atoms with E-state index in [4.69, 9.17) is 0 Å². The predicted molar refractivity (Wildman–Crippen MR) is 149 cm³/mol. The lowest BCUT2D eigenvalue weighted by atomic mass is 10.0. The van der Waals surface area contributed by atoms with Crippen molar-refractivity contribution in [2.75, 3.05) is 44.2 Å². The lowest BCUT2D eigenvalue weighted by Gasteiger charge is -2.42. The van der Waals surface area contributed by atoms with Crippen LogP contribution in [0.15, 0.2) is 36.5 Å². The molecule has 6 nitrogen and oxygen atoms in total. The van der Waals surface area contributed by atoms with Crippen molar-refractivity contribution in [3.8, 4) is 0 Å². The monoisotopic (exact) mass is 563 g/mol. The van der Waals surface area contributed by atoms with Crippen molar-refractivity contribution in [3.05, 3.63) is 59.2 Å². The minimum absolute atomic E-state index is 0.0785. The Balaban J connectivity index is 1.53. The van der Waals surface area contributed by atoms with Gasteiger partial charge in [0.15, 0.2) is 0 Å². The van der Waals surface area contributed by atoms with Crippen molar-refractivity contribution in [1.82, 2.24) is 20.1 Å². The van der Waals surface area contributed by atoms with Gasteiger partial charge in [0.1, 0.15) is 11.9 Å². The number of carbonyl (C=O) groups is 1. The molecule has 1 aromatic carbocycles. The van der Waals surface area contributed by atoms with Crippen molar-refractivity contribution in [3.63, 3.8) is 0 Å². The molecule has 1 amide bonds. The highest BCUT2D eigenvalue weighted by Gasteiger charge is 2.46. The number of hydrogen-bond acceptors (Lipinski definition) is 5. The maximum absolute atomic E-state index is 13.9. The number of hydrogen-bond donors (Lipinski definition) is 1. The molecular formula is C30H41F4N5O. The highest BCUT2D eigenvalue weighted by Crippen LogP contribution is 2.33. The summed E-state index contributed by atoms with van der Waals surface area (Å²) in [7, 11) is 0. The zero-order valence-corrected chi connectivity index (χ0v) is 23.7. The van der Waals surface area contributed by atoms with Crippen LogP contribution in [0, 0.1) is 5.82 Å². The first-order chi connectivity index (χ1) is 19.1. The maximum atomic E-state index is 13.9. The number of likely N-dealkylation sites (tertiary alicyclic amines) is 1. The first-order valence-corrected chi connectivity index (χ1v) is 14.4. The number of anilines is 1. The second kappa shape index (κ2) is 13.4. The van der Waals surface area contributed by atoms with E-state index in [0.717, 1.165) is 28.9 Å². The number of pyridine rings is 1. The molecule has 2 saturated heterocycles. The van der Waals surface area contributed by atoms with Crippen LogP contribution in [0.1, 0.15) is 56.9 Å². The van der Waals surface area contributed by atoms with Gasteiger partial charge >= 0.3 is 6.18 Å². The minimum Gasteiger partial charge on any atom is -0.311 e. The number of piperazine rings is 1. The zero-order chi connectivity index (χ0) is 28.9. The molecule has 1 N–H and O–H groups in total. The molecule has 3 atom stereocenters. The van der Waals surface area contributed by atoms with Gasteiger partial charge in [0, 0.05) is 44.5 Å². The molecule has 0 radical (unpaired) electrons. The molecule has 0 spiro atoms. The number of aryl methyl sites for hydroxylation is 1. The smallest absolute Gasteiger partial charge is 0.311 e. The quantitative estimate of drug-likeness (QED) is 0.421. The van der Waals surface area contributed by atoms with E-state index in [1.54, 1.807) is 28.1 Å². The summed E-state index contributed by atoms with van der Waals surface area (Å²) in [6.45, 7) is 8.52. The Morgan fingerprint density at radius 2 is 1.90 bits per heavy atom. The molecule has 2 aromatic rings. The molecular weight excluding hydrogens is 522 g/mol. The maximum Gasteiger partial charge on any atom is 0.404 e. The number of nitrogens with zero attached hydrogens (tertiary/aromatic N) is 4. The second-order valence-corrected chi connectivity index (χ2v) is 11.1. The topological polar surface area (TPSA) is 51.7 Å². The fraction of sp³-hybridized carbons (Fsp3) is 0.600. The molecule has 40 heavy (non-hydrogen) atoms. The van der Waals surface area contributed by atoms with Crippen LogP contribution in [-0.2, 0) is 17.6 Å². The van der Waals surface area contributed by atoms with Gasteiger partial charge in [-0.15, -0.1) is 0 Å². The second-order valence-electron chi connectivity index (χ2n) is 11.1. The molecule has 220 valence electrons. The highest BCUT2D eigenvalue weighted by atomic mass is 19.4. The van der Waals surface area contributed by atoms with E-state index in [1.807, 2.05) is 26.8 Å². The van der Waals surface area contributed by atoms with Crippen LogP contribution in [0.4, 0.5) is 23.2 Å². The van der Waals surface area contributed by atoms with Gasteiger partial charge in [-0.25, -0.2) is 4.39 Å². The normalized spacial score (nSPS) is 22.5. The molecule has 0 aliphatic carbocycles. The molecule has 0 saturated carbocycles. The summed E-state index contributed by atoms with van der Waals surface area (Å²) in [5.74, 6) is -0.368. The van der Waals surface area contributed by atoms with Crippen LogP contribution < -0.4 is 10.2 Å². The molecule has 1 aromatic heterocycles. The first kappa shape index (κ1) is 30.4. The highest BCUT2D eigenvalue weighted by molar-refractivity contribution is 5.95.